The van der Waals surface area contributed by atoms with E-state index in [1.807, 2.05) is 36.4 Å². The van der Waals surface area contributed by atoms with Crippen molar-refractivity contribution < 1.29 is 4.42 Å². The third-order valence-electron chi connectivity index (χ3n) is 2.29. The van der Waals surface area contributed by atoms with Crippen LogP contribution in [0.1, 0.15) is 5.76 Å². The van der Waals surface area contributed by atoms with E-state index in [2.05, 4.69) is 20.5 Å². The summed E-state index contributed by atoms with van der Waals surface area (Å²) in [6.07, 6.45) is 3.19. The first-order valence-corrected chi connectivity index (χ1v) is 5.19. The Morgan fingerprint density at radius 2 is 2.18 bits per heavy atom. The molecule has 0 fully saturated rings. The summed E-state index contributed by atoms with van der Waals surface area (Å²) in [6, 6.07) is 11.4. The van der Waals surface area contributed by atoms with Gasteiger partial charge in [0.2, 0.25) is 5.95 Å². The maximum absolute atomic E-state index is 5.11. The molecular weight excluding hydrogens is 216 g/mol. The van der Waals surface area contributed by atoms with Crippen molar-refractivity contribution in [3.8, 4) is 0 Å². The number of hydrazone groups is 1. The molecule has 0 aliphatic carbocycles. The first kappa shape index (κ1) is 9.65. The van der Waals surface area contributed by atoms with E-state index in [-0.39, 0.29) is 0 Å². The summed E-state index contributed by atoms with van der Waals surface area (Å²) in [7, 11) is 0. The molecule has 3 aromatic rings. The van der Waals surface area contributed by atoms with Crippen molar-refractivity contribution >= 4 is 23.2 Å². The van der Waals surface area contributed by atoms with Crippen LogP contribution in [0.2, 0.25) is 0 Å². The Kier molecular flexibility index (Phi) is 2.34. The average molecular weight is 226 g/mol. The fourth-order valence-corrected chi connectivity index (χ4v) is 1.53. The predicted molar refractivity (Wildman–Crippen MR) is 66.0 cm³/mol. The summed E-state index contributed by atoms with van der Waals surface area (Å²) in [4.78, 5) is 7.43. The number of rotatable bonds is 3. The molecule has 2 aromatic heterocycles. The number of aromatic nitrogens is 2. The standard InChI is InChI=1S/C12H10N4O/c1-2-6-11-10(5-1)14-12(15-11)16-13-8-9-4-3-7-17-9/h1-8H,(H2,14,15,16). The zero-order valence-electron chi connectivity index (χ0n) is 8.92. The smallest absolute Gasteiger partial charge is 0.222 e. The Labute approximate surface area is 97.2 Å². The lowest BCUT2D eigenvalue weighted by Crippen LogP contribution is -1.91. The fourth-order valence-electron chi connectivity index (χ4n) is 1.53. The Morgan fingerprint density at radius 3 is 3.00 bits per heavy atom. The molecule has 0 bridgehead atoms. The van der Waals surface area contributed by atoms with Crippen LogP contribution in [-0.2, 0) is 0 Å². The monoisotopic (exact) mass is 226 g/mol. The van der Waals surface area contributed by atoms with Crippen molar-refractivity contribution in [1.82, 2.24) is 9.97 Å². The van der Waals surface area contributed by atoms with Gasteiger partial charge in [-0.3, -0.25) is 0 Å². The highest BCUT2D eigenvalue weighted by Gasteiger charge is 1.99. The molecule has 0 aliphatic rings. The molecule has 2 heterocycles. The van der Waals surface area contributed by atoms with E-state index in [4.69, 9.17) is 4.42 Å². The van der Waals surface area contributed by atoms with Crippen LogP contribution in [0, 0.1) is 0 Å². The zero-order chi connectivity index (χ0) is 11.5. The van der Waals surface area contributed by atoms with Gasteiger partial charge in [0.25, 0.3) is 0 Å². The second-order valence-electron chi connectivity index (χ2n) is 3.49. The van der Waals surface area contributed by atoms with E-state index in [1.165, 1.54) is 0 Å². The molecule has 0 spiro atoms. The number of furan rings is 1. The Balaban J connectivity index is 1.77. The molecule has 0 saturated heterocycles. The van der Waals surface area contributed by atoms with Gasteiger partial charge in [-0.15, -0.1) is 0 Å². The lowest BCUT2D eigenvalue weighted by Gasteiger charge is -1.91. The van der Waals surface area contributed by atoms with Crippen molar-refractivity contribution in [2.24, 2.45) is 5.10 Å². The average Bonchev–Trinajstić information content (AvgIpc) is 2.96. The van der Waals surface area contributed by atoms with Crippen LogP contribution in [0.5, 0.6) is 0 Å². The Morgan fingerprint density at radius 1 is 1.24 bits per heavy atom. The normalized spacial score (nSPS) is 11.3. The van der Waals surface area contributed by atoms with Crippen LogP contribution >= 0.6 is 0 Å². The van der Waals surface area contributed by atoms with E-state index in [0.717, 1.165) is 11.0 Å². The second-order valence-corrected chi connectivity index (χ2v) is 3.49. The quantitative estimate of drug-likeness (QED) is 0.533. The van der Waals surface area contributed by atoms with Gasteiger partial charge in [0.1, 0.15) is 5.76 Å². The molecule has 0 atom stereocenters. The van der Waals surface area contributed by atoms with Gasteiger partial charge in [0.15, 0.2) is 0 Å². The SMILES string of the molecule is C(=NNc1nc2ccccc2[nH]1)c1ccco1. The number of benzene rings is 1. The van der Waals surface area contributed by atoms with Crippen LogP contribution < -0.4 is 5.43 Å². The predicted octanol–water partition coefficient (Wildman–Crippen LogP) is 2.60. The topological polar surface area (TPSA) is 66.2 Å². The minimum atomic E-state index is 0.606. The van der Waals surface area contributed by atoms with Gasteiger partial charge >= 0.3 is 0 Å². The van der Waals surface area contributed by atoms with Crippen molar-refractivity contribution in [3.05, 3.63) is 48.4 Å². The molecule has 0 amide bonds. The van der Waals surface area contributed by atoms with E-state index in [1.54, 1.807) is 12.5 Å². The molecule has 5 nitrogen and oxygen atoms in total. The first-order valence-electron chi connectivity index (χ1n) is 5.19. The molecule has 3 rings (SSSR count). The number of para-hydroxylation sites is 2. The largest absolute Gasteiger partial charge is 0.463 e. The van der Waals surface area contributed by atoms with E-state index < -0.39 is 0 Å². The summed E-state index contributed by atoms with van der Waals surface area (Å²) in [5.41, 5.74) is 4.70. The van der Waals surface area contributed by atoms with Gasteiger partial charge in [-0.05, 0) is 24.3 Å². The molecule has 84 valence electrons. The number of nitrogens with zero attached hydrogens (tertiary/aromatic N) is 2. The molecule has 0 saturated carbocycles. The van der Waals surface area contributed by atoms with Crippen LogP contribution in [-0.4, -0.2) is 16.2 Å². The highest BCUT2D eigenvalue weighted by molar-refractivity contribution is 5.78. The summed E-state index contributed by atoms with van der Waals surface area (Å²) in [6.45, 7) is 0. The number of hydrogen-bond acceptors (Lipinski definition) is 4. The molecular formula is C12H10N4O. The summed E-state index contributed by atoms with van der Waals surface area (Å²) >= 11 is 0. The third kappa shape index (κ3) is 2.03. The molecule has 0 radical (unpaired) electrons. The van der Waals surface area contributed by atoms with Crippen molar-refractivity contribution in [2.75, 3.05) is 5.43 Å². The van der Waals surface area contributed by atoms with Crippen molar-refractivity contribution in [3.63, 3.8) is 0 Å². The molecule has 17 heavy (non-hydrogen) atoms. The summed E-state index contributed by atoms with van der Waals surface area (Å²) < 4.78 is 5.11. The lowest BCUT2D eigenvalue weighted by molar-refractivity contribution is 0.560. The van der Waals surface area contributed by atoms with Gasteiger partial charge in [0, 0.05) is 0 Å². The van der Waals surface area contributed by atoms with Crippen LogP contribution in [0.25, 0.3) is 11.0 Å². The molecule has 1 aromatic carbocycles. The van der Waals surface area contributed by atoms with Gasteiger partial charge in [-0.2, -0.15) is 5.10 Å². The van der Waals surface area contributed by atoms with E-state index in [9.17, 15) is 0 Å². The highest BCUT2D eigenvalue weighted by atomic mass is 16.3. The van der Waals surface area contributed by atoms with E-state index in [0.29, 0.717) is 11.7 Å². The lowest BCUT2D eigenvalue weighted by atomic mass is 10.3. The molecule has 5 heteroatoms. The van der Waals surface area contributed by atoms with Crippen LogP contribution in [0.4, 0.5) is 5.95 Å². The number of fused-ring (bicyclic) bond motifs is 1. The molecule has 0 aliphatic heterocycles. The maximum atomic E-state index is 5.11. The fraction of sp³-hybridized carbons (Fsp3) is 0. The first-order chi connectivity index (χ1) is 8.42. The number of aromatic amines is 1. The zero-order valence-corrected chi connectivity index (χ0v) is 8.92. The van der Waals surface area contributed by atoms with Crippen LogP contribution in [0.15, 0.2) is 52.2 Å². The number of H-pyrrole nitrogens is 1. The summed E-state index contributed by atoms with van der Waals surface area (Å²) in [5, 5.41) is 4.02. The number of nitrogens with one attached hydrogen (secondary N) is 2. The Bertz CT molecular complexity index is 606. The van der Waals surface area contributed by atoms with Crippen molar-refractivity contribution in [1.29, 1.82) is 0 Å². The van der Waals surface area contributed by atoms with Crippen molar-refractivity contribution in [2.45, 2.75) is 0 Å². The van der Waals surface area contributed by atoms with Gasteiger partial charge in [0.05, 0.1) is 23.5 Å². The third-order valence-corrected chi connectivity index (χ3v) is 2.29. The minimum Gasteiger partial charge on any atom is -0.463 e. The molecule has 0 unspecified atom stereocenters. The minimum absolute atomic E-state index is 0.606. The van der Waals surface area contributed by atoms with Gasteiger partial charge < -0.3 is 9.40 Å². The van der Waals surface area contributed by atoms with Gasteiger partial charge in [-0.25, -0.2) is 10.4 Å². The van der Waals surface area contributed by atoms with Crippen LogP contribution in [0.3, 0.4) is 0 Å². The van der Waals surface area contributed by atoms with E-state index >= 15 is 0 Å². The Hall–Kier alpha value is -2.56. The molecule has 2 N–H and O–H groups in total. The number of hydrogen-bond donors (Lipinski definition) is 2. The summed E-state index contributed by atoms with van der Waals surface area (Å²) in [5.74, 6) is 1.29. The highest BCUT2D eigenvalue weighted by Crippen LogP contribution is 2.12. The number of imidazole rings is 1. The number of anilines is 1. The maximum Gasteiger partial charge on any atom is 0.222 e. The second kappa shape index (κ2) is 4.13. The van der Waals surface area contributed by atoms with Gasteiger partial charge in [-0.1, -0.05) is 12.1 Å².